The number of thiazole rings is 1. The number of hydrogen-bond acceptors (Lipinski definition) is 7. The summed E-state index contributed by atoms with van der Waals surface area (Å²) in [5.74, 6) is -0.864. The van der Waals surface area contributed by atoms with Gasteiger partial charge in [0.05, 0.1) is 10.7 Å². The van der Waals surface area contributed by atoms with Crippen LogP contribution in [0.4, 0.5) is 15.2 Å². The molecule has 0 radical (unpaired) electrons. The summed E-state index contributed by atoms with van der Waals surface area (Å²) in [6, 6.07) is 2.84. The first-order valence-corrected chi connectivity index (χ1v) is 13.3. The summed E-state index contributed by atoms with van der Waals surface area (Å²) >= 11 is 7.30. The normalized spacial score (nSPS) is 16.9. The molecule has 0 bridgehead atoms. The highest BCUT2D eigenvalue weighted by Crippen LogP contribution is 2.29. The molecule has 1 fully saturated rings. The summed E-state index contributed by atoms with van der Waals surface area (Å²) in [5.41, 5.74) is 0.383. The molecule has 1 atom stereocenters. The average molecular weight is 490 g/mol. The van der Waals surface area contributed by atoms with E-state index in [1.165, 1.54) is 25.5 Å². The van der Waals surface area contributed by atoms with Crippen LogP contribution in [-0.2, 0) is 10.0 Å². The van der Waals surface area contributed by atoms with Crippen LogP contribution in [0.5, 0.6) is 0 Å². The number of anilines is 2. The maximum atomic E-state index is 14.5. The maximum Gasteiger partial charge on any atom is 0.266 e. The number of benzene rings is 1. The van der Waals surface area contributed by atoms with Crippen molar-refractivity contribution in [2.45, 2.75) is 49.5 Å². The number of nitrogens with zero attached hydrogens (tertiary/aromatic N) is 1. The van der Waals surface area contributed by atoms with Gasteiger partial charge in [-0.25, -0.2) is 17.8 Å². The van der Waals surface area contributed by atoms with Gasteiger partial charge in [-0.1, -0.05) is 24.4 Å². The van der Waals surface area contributed by atoms with Gasteiger partial charge in [0, 0.05) is 30.7 Å². The predicted octanol–water partition coefficient (Wildman–Crippen LogP) is 4.05. The van der Waals surface area contributed by atoms with Crippen LogP contribution in [0.3, 0.4) is 0 Å². The fourth-order valence-corrected chi connectivity index (χ4v) is 5.63. The van der Waals surface area contributed by atoms with Gasteiger partial charge in [0.15, 0.2) is 5.13 Å². The van der Waals surface area contributed by atoms with Crippen molar-refractivity contribution in [1.82, 2.24) is 15.6 Å². The van der Waals surface area contributed by atoms with Crippen LogP contribution in [0, 0.1) is 5.82 Å². The molecule has 1 unspecified atom stereocenters. The van der Waals surface area contributed by atoms with Gasteiger partial charge in [0.25, 0.3) is 10.0 Å². The zero-order valence-electron chi connectivity index (χ0n) is 17.3. The molecule has 3 rings (SSSR count). The molecule has 2 heterocycles. The Hall–Kier alpha value is -1.46. The first-order chi connectivity index (χ1) is 15.0. The lowest BCUT2D eigenvalue weighted by Gasteiger charge is -2.23. The molecule has 0 saturated carbocycles. The van der Waals surface area contributed by atoms with Gasteiger partial charge in [-0.3, -0.25) is 4.72 Å². The first kappa shape index (κ1) is 24.2. The molecule has 172 valence electrons. The number of aromatic nitrogens is 1. The summed E-state index contributed by atoms with van der Waals surface area (Å²) < 4.78 is 41.5. The first-order valence-electron chi connectivity index (χ1n) is 10.5. The molecule has 1 aliphatic rings. The van der Waals surface area contributed by atoms with E-state index < -0.39 is 20.7 Å². The van der Waals surface area contributed by atoms with E-state index in [-0.39, 0.29) is 10.2 Å². The molecular formula is C20H29ClFN5O2S2. The lowest BCUT2D eigenvalue weighted by Crippen LogP contribution is -2.41. The smallest absolute Gasteiger partial charge is 0.266 e. The van der Waals surface area contributed by atoms with Crippen LogP contribution < -0.4 is 20.7 Å². The molecule has 1 aromatic carbocycles. The Morgan fingerprint density at radius 3 is 2.81 bits per heavy atom. The van der Waals surface area contributed by atoms with Crippen molar-refractivity contribution < 1.29 is 12.8 Å². The van der Waals surface area contributed by atoms with E-state index in [1.54, 1.807) is 5.38 Å². The zero-order valence-corrected chi connectivity index (χ0v) is 19.7. The second kappa shape index (κ2) is 12.0. The number of unbranched alkanes of at least 4 members (excludes halogenated alkanes) is 2. The molecule has 7 nitrogen and oxygen atoms in total. The molecule has 0 spiro atoms. The van der Waals surface area contributed by atoms with Gasteiger partial charge in [-0.2, -0.15) is 0 Å². The van der Waals surface area contributed by atoms with Crippen LogP contribution in [-0.4, -0.2) is 45.6 Å². The van der Waals surface area contributed by atoms with Crippen molar-refractivity contribution in [1.29, 1.82) is 0 Å². The minimum absolute atomic E-state index is 0.155. The van der Waals surface area contributed by atoms with Gasteiger partial charge in [0.2, 0.25) is 0 Å². The summed E-state index contributed by atoms with van der Waals surface area (Å²) in [7, 11) is -4.10. The van der Waals surface area contributed by atoms with E-state index in [4.69, 9.17) is 11.6 Å². The third-order valence-corrected chi connectivity index (χ3v) is 7.60. The van der Waals surface area contributed by atoms with Crippen LogP contribution >= 0.6 is 22.9 Å². The minimum atomic E-state index is -4.10. The van der Waals surface area contributed by atoms with E-state index in [9.17, 15) is 12.8 Å². The Labute approximate surface area is 192 Å². The highest BCUT2D eigenvalue weighted by atomic mass is 35.5. The number of halogens is 2. The lowest BCUT2D eigenvalue weighted by atomic mass is 10.1. The highest BCUT2D eigenvalue weighted by Gasteiger charge is 2.22. The molecule has 0 aliphatic carbocycles. The second-order valence-electron chi connectivity index (χ2n) is 7.54. The summed E-state index contributed by atoms with van der Waals surface area (Å²) in [5, 5.41) is 12.1. The van der Waals surface area contributed by atoms with Crippen molar-refractivity contribution in [2.24, 2.45) is 0 Å². The number of nitrogens with one attached hydrogen (secondary N) is 4. The monoisotopic (exact) mass is 489 g/mol. The SMILES string of the molecule is O=S(=O)(Nc1nccs1)c1cc(Cl)c(NCCCCCNCC2CCCCN2)cc1F. The van der Waals surface area contributed by atoms with Crippen molar-refractivity contribution in [2.75, 3.05) is 36.2 Å². The fraction of sp³-hybridized carbons (Fsp3) is 0.550. The maximum absolute atomic E-state index is 14.5. The number of rotatable bonds is 12. The number of hydrogen-bond donors (Lipinski definition) is 4. The molecule has 1 aliphatic heterocycles. The fourth-order valence-electron chi connectivity index (χ4n) is 3.46. The van der Waals surface area contributed by atoms with E-state index in [0.717, 1.165) is 62.4 Å². The number of sulfonamides is 1. The van der Waals surface area contributed by atoms with Gasteiger partial charge in [-0.15, -0.1) is 11.3 Å². The standard InChI is InChI=1S/C20H29ClFN5O2S2/c21-16-12-19(31(28,29)27-20-26-10-11-30-20)17(22)13-18(16)25-9-4-1-3-7-23-14-15-6-2-5-8-24-15/h10-13,15,23-25H,1-9,14H2,(H,26,27). The van der Waals surface area contributed by atoms with E-state index in [0.29, 0.717) is 18.3 Å². The van der Waals surface area contributed by atoms with Crippen molar-refractivity contribution >= 4 is 43.8 Å². The quantitative estimate of drug-likeness (QED) is 0.336. The van der Waals surface area contributed by atoms with Crippen molar-refractivity contribution in [3.63, 3.8) is 0 Å². The molecule has 2 aromatic rings. The van der Waals surface area contributed by atoms with E-state index in [1.807, 2.05) is 0 Å². The topological polar surface area (TPSA) is 95.2 Å². The Balaban J connectivity index is 1.39. The van der Waals surface area contributed by atoms with Gasteiger partial charge in [-0.05, 0) is 50.9 Å². The summed E-state index contributed by atoms with van der Waals surface area (Å²) in [6.45, 7) is 3.75. The highest BCUT2D eigenvalue weighted by molar-refractivity contribution is 7.93. The third kappa shape index (κ3) is 7.57. The van der Waals surface area contributed by atoms with E-state index >= 15 is 0 Å². The van der Waals surface area contributed by atoms with E-state index in [2.05, 4.69) is 25.7 Å². The van der Waals surface area contributed by atoms with Crippen LogP contribution in [0.2, 0.25) is 5.02 Å². The zero-order chi connectivity index (χ0) is 22.1. The van der Waals surface area contributed by atoms with Crippen LogP contribution in [0.15, 0.2) is 28.6 Å². The molecular weight excluding hydrogens is 461 g/mol. The predicted molar refractivity (Wildman–Crippen MR) is 125 cm³/mol. The Bertz CT molecular complexity index is 922. The second-order valence-corrected chi connectivity index (χ2v) is 10.5. The summed E-state index contributed by atoms with van der Waals surface area (Å²) in [6.07, 6.45) is 8.30. The van der Waals surface area contributed by atoms with Gasteiger partial charge in [0.1, 0.15) is 10.7 Å². The number of piperidine rings is 1. The Morgan fingerprint density at radius 1 is 1.23 bits per heavy atom. The van der Waals surface area contributed by atoms with Gasteiger partial charge < -0.3 is 16.0 Å². The molecule has 0 amide bonds. The van der Waals surface area contributed by atoms with Crippen molar-refractivity contribution in [3.8, 4) is 0 Å². The molecule has 1 aromatic heterocycles. The molecule has 4 N–H and O–H groups in total. The van der Waals surface area contributed by atoms with Crippen LogP contribution in [0.25, 0.3) is 0 Å². The van der Waals surface area contributed by atoms with Gasteiger partial charge >= 0.3 is 0 Å². The van der Waals surface area contributed by atoms with Crippen molar-refractivity contribution in [3.05, 3.63) is 34.5 Å². The molecule has 1 saturated heterocycles. The van der Waals surface area contributed by atoms with Crippen LogP contribution in [0.1, 0.15) is 38.5 Å². The lowest BCUT2D eigenvalue weighted by molar-refractivity contribution is 0.382. The average Bonchev–Trinajstić information content (AvgIpc) is 3.25. The summed E-state index contributed by atoms with van der Waals surface area (Å²) in [4.78, 5) is 3.35. The Morgan fingerprint density at radius 2 is 2.06 bits per heavy atom. The third-order valence-electron chi connectivity index (χ3n) is 5.11. The Kier molecular flexibility index (Phi) is 9.33. The molecule has 31 heavy (non-hydrogen) atoms. The molecule has 11 heteroatoms. The minimum Gasteiger partial charge on any atom is -0.384 e. The largest absolute Gasteiger partial charge is 0.384 e.